The Hall–Kier alpha value is -1.49. The highest BCUT2D eigenvalue weighted by Gasteiger charge is 2.19. The van der Waals surface area contributed by atoms with Gasteiger partial charge in [-0.05, 0) is 30.5 Å². The van der Waals surface area contributed by atoms with Crippen LogP contribution in [0.3, 0.4) is 0 Å². The number of hydrogen-bond donors (Lipinski definition) is 0. The van der Waals surface area contributed by atoms with Crippen molar-refractivity contribution in [2.45, 2.75) is 11.8 Å². The fraction of sp³-hybridized carbons (Fsp3) is 0.429. The van der Waals surface area contributed by atoms with Gasteiger partial charge in [-0.3, -0.25) is 9.59 Å². The summed E-state index contributed by atoms with van der Waals surface area (Å²) in [5, 5.41) is 0. The van der Waals surface area contributed by atoms with Crippen LogP contribution in [-0.2, 0) is 9.53 Å². The zero-order valence-electron chi connectivity index (χ0n) is 11.7. The summed E-state index contributed by atoms with van der Waals surface area (Å²) in [7, 11) is 3.03. The molecule has 1 rings (SSSR count). The van der Waals surface area contributed by atoms with E-state index in [1.54, 1.807) is 37.9 Å². The molecule has 0 heterocycles. The number of methoxy groups -OCH3 is 1. The molecule has 1 atom stereocenters. The van der Waals surface area contributed by atoms with Gasteiger partial charge in [0.2, 0.25) is 0 Å². The molecule has 0 radical (unpaired) electrons. The number of hydrogen-bond acceptors (Lipinski definition) is 4. The SMILES string of the molecule is COC(=O)C(C)CN(C)C(=O)c1ccc(SC)cc1. The van der Waals surface area contributed by atoms with E-state index < -0.39 is 0 Å². The lowest BCUT2D eigenvalue weighted by Gasteiger charge is -2.20. The molecule has 104 valence electrons. The number of carbonyl (C=O) groups excluding carboxylic acids is 2. The van der Waals surface area contributed by atoms with E-state index in [-0.39, 0.29) is 17.8 Å². The van der Waals surface area contributed by atoms with Crippen molar-refractivity contribution in [3.8, 4) is 0 Å². The molecular weight excluding hydrogens is 262 g/mol. The van der Waals surface area contributed by atoms with Crippen LogP contribution >= 0.6 is 11.8 Å². The minimum absolute atomic E-state index is 0.0941. The van der Waals surface area contributed by atoms with E-state index in [1.807, 2.05) is 18.4 Å². The second kappa shape index (κ2) is 7.19. The average molecular weight is 281 g/mol. The first-order valence-electron chi connectivity index (χ1n) is 5.97. The standard InChI is InChI=1S/C14H19NO3S/c1-10(14(17)18-3)9-15(2)13(16)11-5-7-12(19-4)8-6-11/h5-8,10H,9H2,1-4H3. The Bertz CT molecular complexity index is 445. The average Bonchev–Trinajstić information content (AvgIpc) is 2.45. The van der Waals surface area contributed by atoms with Crippen LogP contribution in [0.15, 0.2) is 29.2 Å². The summed E-state index contributed by atoms with van der Waals surface area (Å²) < 4.78 is 4.65. The predicted molar refractivity (Wildman–Crippen MR) is 76.4 cm³/mol. The van der Waals surface area contributed by atoms with Crippen molar-refractivity contribution in [1.29, 1.82) is 0 Å². The molecule has 0 N–H and O–H groups in total. The van der Waals surface area contributed by atoms with Gasteiger partial charge in [-0.1, -0.05) is 6.92 Å². The van der Waals surface area contributed by atoms with Crippen molar-refractivity contribution < 1.29 is 14.3 Å². The fourth-order valence-corrected chi connectivity index (χ4v) is 2.13. The molecule has 1 unspecified atom stereocenters. The number of ether oxygens (including phenoxy) is 1. The van der Waals surface area contributed by atoms with Crippen LogP contribution in [0.5, 0.6) is 0 Å². The summed E-state index contributed by atoms with van der Waals surface area (Å²) in [5.41, 5.74) is 0.623. The molecular formula is C14H19NO3S. The van der Waals surface area contributed by atoms with Gasteiger partial charge >= 0.3 is 5.97 Å². The Morgan fingerprint density at radius 1 is 1.32 bits per heavy atom. The van der Waals surface area contributed by atoms with Crippen LogP contribution in [0, 0.1) is 5.92 Å². The fourth-order valence-electron chi connectivity index (χ4n) is 1.72. The summed E-state index contributed by atoms with van der Waals surface area (Å²) >= 11 is 1.63. The molecule has 0 aliphatic carbocycles. The molecule has 0 saturated carbocycles. The normalized spacial score (nSPS) is 11.8. The van der Waals surface area contributed by atoms with Gasteiger partial charge in [0.05, 0.1) is 13.0 Å². The third-order valence-electron chi connectivity index (χ3n) is 2.83. The summed E-state index contributed by atoms with van der Waals surface area (Å²) in [4.78, 5) is 26.1. The number of carbonyl (C=O) groups is 2. The predicted octanol–water partition coefficient (Wildman–Crippen LogP) is 2.29. The minimum Gasteiger partial charge on any atom is -0.469 e. The number of nitrogens with zero attached hydrogens (tertiary/aromatic N) is 1. The highest BCUT2D eigenvalue weighted by Crippen LogP contribution is 2.16. The van der Waals surface area contributed by atoms with Gasteiger partial charge in [-0.25, -0.2) is 0 Å². The third kappa shape index (κ3) is 4.28. The summed E-state index contributed by atoms with van der Waals surface area (Å²) in [5.74, 6) is -0.731. The van der Waals surface area contributed by atoms with Gasteiger partial charge in [0, 0.05) is 24.1 Å². The molecule has 19 heavy (non-hydrogen) atoms. The van der Waals surface area contributed by atoms with E-state index in [0.29, 0.717) is 12.1 Å². The van der Waals surface area contributed by atoms with E-state index in [2.05, 4.69) is 4.74 Å². The summed E-state index contributed by atoms with van der Waals surface area (Å²) in [6, 6.07) is 7.42. The lowest BCUT2D eigenvalue weighted by Crippen LogP contribution is -2.34. The van der Waals surface area contributed by atoms with Gasteiger partial charge in [0.15, 0.2) is 0 Å². The van der Waals surface area contributed by atoms with E-state index in [0.717, 1.165) is 4.90 Å². The van der Waals surface area contributed by atoms with Crippen molar-refractivity contribution >= 4 is 23.6 Å². The molecule has 0 saturated heterocycles. The zero-order valence-corrected chi connectivity index (χ0v) is 12.5. The van der Waals surface area contributed by atoms with Gasteiger partial charge in [0.25, 0.3) is 5.91 Å². The zero-order chi connectivity index (χ0) is 14.4. The lowest BCUT2D eigenvalue weighted by atomic mass is 10.1. The first-order valence-corrected chi connectivity index (χ1v) is 7.19. The van der Waals surface area contributed by atoms with E-state index >= 15 is 0 Å². The molecule has 1 amide bonds. The van der Waals surface area contributed by atoms with Crippen LogP contribution in [0.1, 0.15) is 17.3 Å². The Balaban J connectivity index is 2.68. The molecule has 5 heteroatoms. The molecule has 0 spiro atoms. The number of rotatable bonds is 5. The summed E-state index contributed by atoms with van der Waals surface area (Å²) in [6.07, 6.45) is 1.99. The topological polar surface area (TPSA) is 46.6 Å². The smallest absolute Gasteiger partial charge is 0.310 e. The second-order valence-corrected chi connectivity index (χ2v) is 5.22. The van der Waals surface area contributed by atoms with Crippen LogP contribution in [0.25, 0.3) is 0 Å². The van der Waals surface area contributed by atoms with Crippen molar-refractivity contribution in [3.63, 3.8) is 0 Å². The maximum atomic E-state index is 12.2. The largest absolute Gasteiger partial charge is 0.469 e. The van der Waals surface area contributed by atoms with Gasteiger partial charge < -0.3 is 9.64 Å². The third-order valence-corrected chi connectivity index (χ3v) is 3.58. The second-order valence-electron chi connectivity index (χ2n) is 4.34. The lowest BCUT2D eigenvalue weighted by molar-refractivity contribution is -0.145. The molecule has 1 aromatic carbocycles. The Kier molecular flexibility index (Phi) is 5.89. The maximum absolute atomic E-state index is 12.2. The Morgan fingerprint density at radius 3 is 2.37 bits per heavy atom. The van der Waals surface area contributed by atoms with E-state index in [9.17, 15) is 9.59 Å². The molecule has 0 aliphatic rings. The van der Waals surface area contributed by atoms with Gasteiger partial charge in [0.1, 0.15) is 0 Å². The summed E-state index contributed by atoms with van der Waals surface area (Å²) in [6.45, 7) is 2.09. The number of thioether (sulfide) groups is 1. The molecule has 0 bridgehead atoms. The van der Waals surface area contributed by atoms with Gasteiger partial charge in [-0.2, -0.15) is 0 Å². The molecule has 0 aromatic heterocycles. The van der Waals surface area contributed by atoms with Crippen LogP contribution < -0.4 is 0 Å². The highest BCUT2D eigenvalue weighted by atomic mass is 32.2. The van der Waals surface area contributed by atoms with Crippen LogP contribution in [0.4, 0.5) is 0 Å². The number of esters is 1. The first kappa shape index (κ1) is 15.6. The maximum Gasteiger partial charge on any atom is 0.310 e. The molecule has 0 aliphatic heterocycles. The van der Waals surface area contributed by atoms with E-state index in [1.165, 1.54) is 12.0 Å². The number of amides is 1. The molecule has 0 fully saturated rings. The monoisotopic (exact) mass is 281 g/mol. The van der Waals surface area contributed by atoms with Crippen molar-refractivity contribution in [2.75, 3.05) is 27.0 Å². The Morgan fingerprint density at radius 2 is 1.89 bits per heavy atom. The quantitative estimate of drug-likeness (QED) is 0.613. The molecule has 4 nitrogen and oxygen atoms in total. The highest BCUT2D eigenvalue weighted by molar-refractivity contribution is 7.98. The minimum atomic E-state index is -0.329. The van der Waals surface area contributed by atoms with Gasteiger partial charge in [-0.15, -0.1) is 11.8 Å². The van der Waals surface area contributed by atoms with Crippen LogP contribution in [0.2, 0.25) is 0 Å². The van der Waals surface area contributed by atoms with Crippen molar-refractivity contribution in [1.82, 2.24) is 4.90 Å². The van der Waals surface area contributed by atoms with Crippen molar-refractivity contribution in [2.24, 2.45) is 5.92 Å². The number of benzene rings is 1. The van der Waals surface area contributed by atoms with Crippen molar-refractivity contribution in [3.05, 3.63) is 29.8 Å². The Labute approximate surface area is 118 Å². The first-order chi connectivity index (χ1) is 8.99. The molecule has 1 aromatic rings. The van der Waals surface area contributed by atoms with E-state index in [4.69, 9.17) is 0 Å². The van der Waals surface area contributed by atoms with Crippen LogP contribution in [-0.4, -0.2) is 43.7 Å².